The molecule has 0 aliphatic carbocycles. The number of piperidine rings is 2. The SMILES string of the molecule is CC(=O)N1CCC(CNc2cccc(-c3cc(CC(=O)[C@@H]4CCCNC4)ncc3Cl)c2)CC1. The van der Waals surface area contributed by atoms with E-state index in [1.807, 2.05) is 23.1 Å². The molecule has 0 spiro atoms. The molecule has 1 amide bonds. The summed E-state index contributed by atoms with van der Waals surface area (Å²) in [6.07, 6.45) is 6.04. The first-order chi connectivity index (χ1) is 16.0. The number of ketones is 1. The van der Waals surface area contributed by atoms with Gasteiger partial charge in [0.1, 0.15) is 5.78 Å². The molecule has 2 fully saturated rings. The van der Waals surface area contributed by atoms with Crippen LogP contribution < -0.4 is 10.6 Å². The molecule has 4 rings (SSSR count). The van der Waals surface area contributed by atoms with Gasteiger partial charge >= 0.3 is 0 Å². The molecule has 7 heteroatoms. The number of nitrogens with zero attached hydrogens (tertiary/aromatic N) is 2. The number of benzene rings is 1. The van der Waals surface area contributed by atoms with E-state index in [0.29, 0.717) is 17.4 Å². The zero-order chi connectivity index (χ0) is 23.2. The Bertz CT molecular complexity index is 982. The monoisotopic (exact) mass is 468 g/mol. The Hall–Kier alpha value is -2.44. The maximum atomic E-state index is 12.7. The van der Waals surface area contributed by atoms with Gasteiger partial charge in [-0.3, -0.25) is 14.6 Å². The van der Waals surface area contributed by atoms with Crippen LogP contribution >= 0.6 is 11.6 Å². The van der Waals surface area contributed by atoms with Crippen LogP contribution in [-0.4, -0.2) is 54.3 Å². The molecule has 2 aliphatic rings. The largest absolute Gasteiger partial charge is 0.385 e. The minimum atomic E-state index is 0.0783. The Morgan fingerprint density at radius 3 is 2.76 bits per heavy atom. The summed E-state index contributed by atoms with van der Waals surface area (Å²) in [6, 6.07) is 10.2. The van der Waals surface area contributed by atoms with Crippen LogP contribution in [0.15, 0.2) is 36.5 Å². The van der Waals surface area contributed by atoms with Crippen molar-refractivity contribution in [3.63, 3.8) is 0 Å². The van der Waals surface area contributed by atoms with Gasteiger partial charge in [-0.25, -0.2) is 0 Å². The molecule has 33 heavy (non-hydrogen) atoms. The number of pyridine rings is 1. The summed E-state index contributed by atoms with van der Waals surface area (Å²) >= 11 is 6.50. The molecule has 1 aromatic heterocycles. The van der Waals surface area contributed by atoms with Crippen LogP contribution in [-0.2, 0) is 16.0 Å². The number of likely N-dealkylation sites (tertiary alicyclic amines) is 1. The van der Waals surface area contributed by atoms with Crippen molar-refractivity contribution in [1.82, 2.24) is 15.2 Å². The third-order valence-corrected chi connectivity index (χ3v) is 7.15. The lowest BCUT2D eigenvalue weighted by Gasteiger charge is -2.31. The molecular weight excluding hydrogens is 436 g/mol. The maximum absolute atomic E-state index is 12.7. The number of aromatic nitrogens is 1. The number of carbonyl (C=O) groups is 2. The zero-order valence-corrected chi connectivity index (χ0v) is 20.0. The fourth-order valence-corrected chi connectivity index (χ4v) is 4.97. The van der Waals surface area contributed by atoms with Gasteiger partial charge < -0.3 is 15.5 Å². The van der Waals surface area contributed by atoms with Crippen LogP contribution in [0.1, 0.15) is 38.3 Å². The zero-order valence-electron chi connectivity index (χ0n) is 19.3. The quantitative estimate of drug-likeness (QED) is 0.637. The number of halogens is 1. The second-order valence-electron chi connectivity index (χ2n) is 9.25. The first-order valence-corrected chi connectivity index (χ1v) is 12.3. The summed E-state index contributed by atoms with van der Waals surface area (Å²) in [5, 5.41) is 7.45. The maximum Gasteiger partial charge on any atom is 0.219 e. The number of amides is 1. The lowest BCUT2D eigenvalue weighted by atomic mass is 9.92. The minimum Gasteiger partial charge on any atom is -0.385 e. The average molecular weight is 469 g/mol. The number of hydrogen-bond acceptors (Lipinski definition) is 5. The van der Waals surface area contributed by atoms with Crippen LogP contribution in [0.4, 0.5) is 5.69 Å². The normalized spacial score (nSPS) is 19.3. The number of carbonyl (C=O) groups excluding carboxylic acids is 2. The summed E-state index contributed by atoms with van der Waals surface area (Å²) in [5.41, 5.74) is 3.71. The molecule has 0 bridgehead atoms. The molecular formula is C26H33ClN4O2. The average Bonchev–Trinajstić information content (AvgIpc) is 2.85. The summed E-state index contributed by atoms with van der Waals surface area (Å²) in [4.78, 5) is 30.6. The van der Waals surface area contributed by atoms with Crippen LogP contribution in [0.5, 0.6) is 0 Å². The molecule has 1 aromatic carbocycles. The van der Waals surface area contributed by atoms with E-state index < -0.39 is 0 Å². The van der Waals surface area contributed by atoms with Gasteiger partial charge in [-0.05, 0) is 61.9 Å². The minimum absolute atomic E-state index is 0.0783. The molecule has 1 atom stereocenters. The van der Waals surface area contributed by atoms with E-state index in [4.69, 9.17) is 11.6 Å². The molecule has 176 valence electrons. The van der Waals surface area contributed by atoms with Gasteiger partial charge in [0, 0.05) is 68.6 Å². The van der Waals surface area contributed by atoms with E-state index in [2.05, 4.69) is 27.8 Å². The van der Waals surface area contributed by atoms with E-state index in [1.54, 1.807) is 13.1 Å². The van der Waals surface area contributed by atoms with Gasteiger partial charge in [0.15, 0.2) is 0 Å². The van der Waals surface area contributed by atoms with Crippen LogP contribution in [0, 0.1) is 11.8 Å². The van der Waals surface area contributed by atoms with Crippen molar-refractivity contribution in [1.29, 1.82) is 0 Å². The molecule has 3 heterocycles. The Labute approximate surface area is 201 Å². The molecule has 0 unspecified atom stereocenters. The van der Waals surface area contributed by atoms with E-state index >= 15 is 0 Å². The highest BCUT2D eigenvalue weighted by Gasteiger charge is 2.22. The van der Waals surface area contributed by atoms with Gasteiger partial charge in [-0.2, -0.15) is 0 Å². The van der Waals surface area contributed by atoms with Crippen molar-refractivity contribution >= 4 is 29.0 Å². The Morgan fingerprint density at radius 1 is 1.21 bits per heavy atom. The Kier molecular flexibility index (Phi) is 7.99. The van der Waals surface area contributed by atoms with Crippen molar-refractivity contribution in [2.24, 2.45) is 11.8 Å². The molecule has 2 aliphatic heterocycles. The first-order valence-electron chi connectivity index (χ1n) is 12.0. The van der Waals surface area contributed by atoms with Crippen molar-refractivity contribution in [2.75, 3.05) is 38.0 Å². The molecule has 0 radical (unpaired) electrons. The molecule has 2 saturated heterocycles. The van der Waals surface area contributed by atoms with Gasteiger partial charge in [-0.1, -0.05) is 23.7 Å². The van der Waals surface area contributed by atoms with Crippen LogP contribution in [0.2, 0.25) is 5.02 Å². The summed E-state index contributed by atoms with van der Waals surface area (Å²) in [7, 11) is 0. The summed E-state index contributed by atoms with van der Waals surface area (Å²) < 4.78 is 0. The van der Waals surface area contributed by atoms with Gasteiger partial charge in [0.05, 0.1) is 5.02 Å². The Morgan fingerprint density at radius 2 is 2.03 bits per heavy atom. The van der Waals surface area contributed by atoms with Crippen molar-refractivity contribution in [3.05, 3.63) is 47.2 Å². The van der Waals surface area contributed by atoms with E-state index in [0.717, 1.165) is 80.9 Å². The van der Waals surface area contributed by atoms with Gasteiger partial charge in [0.2, 0.25) is 5.91 Å². The predicted octanol–water partition coefficient (Wildman–Crippen LogP) is 4.18. The number of rotatable bonds is 7. The third kappa shape index (κ3) is 6.33. The van der Waals surface area contributed by atoms with Gasteiger partial charge in [0.25, 0.3) is 0 Å². The molecule has 6 nitrogen and oxygen atoms in total. The number of anilines is 1. The second-order valence-corrected chi connectivity index (χ2v) is 9.66. The fraction of sp³-hybridized carbons (Fsp3) is 0.500. The molecule has 2 aromatic rings. The van der Waals surface area contributed by atoms with Crippen molar-refractivity contribution < 1.29 is 9.59 Å². The van der Waals surface area contributed by atoms with Crippen molar-refractivity contribution in [3.8, 4) is 11.1 Å². The van der Waals surface area contributed by atoms with Crippen molar-refractivity contribution in [2.45, 2.75) is 39.0 Å². The summed E-state index contributed by atoms with van der Waals surface area (Å²) in [6.45, 7) is 5.96. The number of Topliss-reactive ketones (excluding diaryl/α,β-unsaturated/α-hetero) is 1. The van der Waals surface area contributed by atoms with E-state index in [1.165, 1.54) is 0 Å². The smallest absolute Gasteiger partial charge is 0.219 e. The first kappa shape index (κ1) is 23.7. The fourth-order valence-electron chi connectivity index (χ4n) is 4.76. The predicted molar refractivity (Wildman–Crippen MR) is 132 cm³/mol. The van der Waals surface area contributed by atoms with E-state index in [9.17, 15) is 9.59 Å². The lowest BCUT2D eigenvalue weighted by molar-refractivity contribution is -0.130. The Balaban J connectivity index is 1.39. The third-order valence-electron chi connectivity index (χ3n) is 6.85. The van der Waals surface area contributed by atoms with Crippen LogP contribution in [0.3, 0.4) is 0 Å². The molecule has 0 saturated carbocycles. The standard InChI is InChI=1S/C26H33ClN4O2/c1-18(32)31-10-7-19(8-11-31)15-29-22-6-2-4-20(12-22)24-13-23(30-17-25(24)27)14-26(33)21-5-3-9-28-16-21/h2,4,6,12-13,17,19,21,28-29H,3,5,7-11,14-16H2,1H3/t21-/m1/s1. The second kappa shape index (κ2) is 11.1. The lowest BCUT2D eigenvalue weighted by Crippen LogP contribution is -2.38. The van der Waals surface area contributed by atoms with Crippen LogP contribution in [0.25, 0.3) is 11.1 Å². The number of nitrogens with one attached hydrogen (secondary N) is 2. The highest BCUT2D eigenvalue weighted by molar-refractivity contribution is 6.33. The highest BCUT2D eigenvalue weighted by Crippen LogP contribution is 2.30. The number of hydrogen-bond donors (Lipinski definition) is 2. The van der Waals surface area contributed by atoms with E-state index in [-0.39, 0.29) is 17.6 Å². The highest BCUT2D eigenvalue weighted by atomic mass is 35.5. The summed E-state index contributed by atoms with van der Waals surface area (Å²) in [5.74, 6) is 1.05. The topological polar surface area (TPSA) is 74.3 Å². The van der Waals surface area contributed by atoms with Gasteiger partial charge in [-0.15, -0.1) is 0 Å². The molecule has 2 N–H and O–H groups in total.